The minimum atomic E-state index is -0.148. The number of benzene rings is 2. The number of carbonyl (C=O) groups excluding carboxylic acids is 1. The predicted molar refractivity (Wildman–Crippen MR) is 108 cm³/mol. The molecule has 0 aliphatic carbocycles. The van der Waals surface area contributed by atoms with Crippen LogP contribution in [0.5, 0.6) is 5.75 Å². The van der Waals surface area contributed by atoms with Gasteiger partial charge in [0.15, 0.2) is 0 Å². The summed E-state index contributed by atoms with van der Waals surface area (Å²) in [5, 5.41) is 5.98. The summed E-state index contributed by atoms with van der Waals surface area (Å²) in [5.74, 6) is 0.808. The van der Waals surface area contributed by atoms with Crippen molar-refractivity contribution in [1.82, 2.24) is 10.6 Å². The normalized spacial score (nSPS) is 15.7. The number of ether oxygens (including phenoxy) is 2. The Morgan fingerprint density at radius 1 is 1.07 bits per heavy atom. The van der Waals surface area contributed by atoms with Gasteiger partial charge in [-0.3, -0.25) is 0 Å². The Bertz CT molecular complexity index is 716. The van der Waals surface area contributed by atoms with Crippen LogP contribution in [0, 0.1) is 0 Å². The van der Waals surface area contributed by atoms with Gasteiger partial charge in [-0.05, 0) is 42.7 Å². The second-order valence-corrected chi connectivity index (χ2v) is 8.14. The summed E-state index contributed by atoms with van der Waals surface area (Å²) in [6, 6.07) is 17.9. The number of rotatable bonds is 7. The Kier molecular flexibility index (Phi) is 7.01. The fourth-order valence-corrected chi connectivity index (χ4v) is 4.33. The molecule has 144 valence electrons. The third-order valence-corrected chi connectivity index (χ3v) is 6.16. The van der Waals surface area contributed by atoms with Gasteiger partial charge in [0.05, 0.1) is 7.11 Å². The highest BCUT2D eigenvalue weighted by molar-refractivity contribution is 8.00. The van der Waals surface area contributed by atoms with Crippen LogP contribution >= 0.6 is 11.8 Å². The van der Waals surface area contributed by atoms with Crippen LogP contribution in [0.25, 0.3) is 0 Å². The van der Waals surface area contributed by atoms with Crippen LogP contribution in [0.4, 0.5) is 4.79 Å². The molecule has 0 saturated carbocycles. The summed E-state index contributed by atoms with van der Waals surface area (Å²) < 4.78 is 10.7. The molecular formula is C21H26N2O3S. The fraction of sp³-hybridized carbons (Fsp3) is 0.381. The van der Waals surface area contributed by atoms with Crippen LogP contribution in [0.1, 0.15) is 18.4 Å². The molecule has 0 bridgehead atoms. The zero-order valence-corrected chi connectivity index (χ0v) is 16.4. The maximum atomic E-state index is 12.3. The van der Waals surface area contributed by atoms with E-state index < -0.39 is 0 Å². The van der Waals surface area contributed by atoms with E-state index in [9.17, 15) is 4.79 Å². The molecule has 27 heavy (non-hydrogen) atoms. The van der Waals surface area contributed by atoms with Gasteiger partial charge in [0.1, 0.15) is 5.75 Å². The first-order chi connectivity index (χ1) is 13.2. The number of carbonyl (C=O) groups is 1. The quantitative estimate of drug-likeness (QED) is 0.759. The monoisotopic (exact) mass is 386 g/mol. The summed E-state index contributed by atoms with van der Waals surface area (Å²) in [4.78, 5) is 13.5. The van der Waals surface area contributed by atoms with Crippen LogP contribution in [0.3, 0.4) is 0 Å². The summed E-state index contributed by atoms with van der Waals surface area (Å²) in [7, 11) is 1.64. The molecule has 2 aromatic rings. The molecule has 0 unspecified atom stereocenters. The standard InChI is InChI=1S/C21H26N2O3S/c1-25-18-9-7-17(8-10-18)15-22-20(24)23-16-21(11-13-26-14-12-21)27-19-5-3-2-4-6-19/h2-10H,11-16H2,1H3,(H2,22,23,24). The van der Waals surface area contributed by atoms with Crippen LogP contribution < -0.4 is 15.4 Å². The van der Waals surface area contributed by atoms with Gasteiger partial charge in [-0.2, -0.15) is 0 Å². The minimum absolute atomic E-state index is 0.0307. The third kappa shape index (κ3) is 5.91. The SMILES string of the molecule is COc1ccc(CNC(=O)NCC2(Sc3ccccc3)CCOCC2)cc1. The molecular weight excluding hydrogens is 360 g/mol. The molecule has 1 aliphatic heterocycles. The lowest BCUT2D eigenvalue weighted by Crippen LogP contribution is -2.47. The number of thioether (sulfide) groups is 1. The lowest BCUT2D eigenvalue weighted by atomic mass is 9.99. The van der Waals surface area contributed by atoms with E-state index in [1.54, 1.807) is 7.11 Å². The van der Waals surface area contributed by atoms with Gasteiger partial charge in [0.2, 0.25) is 0 Å². The van der Waals surface area contributed by atoms with Crippen LogP contribution in [-0.4, -0.2) is 37.6 Å². The second-order valence-electron chi connectivity index (χ2n) is 6.59. The topological polar surface area (TPSA) is 59.6 Å². The Morgan fingerprint density at radius 3 is 2.44 bits per heavy atom. The molecule has 3 rings (SSSR count). The highest BCUT2D eigenvalue weighted by Crippen LogP contribution is 2.40. The van der Waals surface area contributed by atoms with Crippen LogP contribution in [-0.2, 0) is 11.3 Å². The van der Waals surface area contributed by atoms with Crippen LogP contribution in [0.15, 0.2) is 59.5 Å². The maximum Gasteiger partial charge on any atom is 0.315 e. The van der Waals surface area contributed by atoms with Crippen molar-refractivity contribution in [3.05, 3.63) is 60.2 Å². The average Bonchev–Trinajstić information content (AvgIpc) is 2.72. The number of nitrogens with one attached hydrogen (secondary N) is 2. The Balaban J connectivity index is 1.52. The molecule has 2 amide bonds. The van der Waals surface area contributed by atoms with Crippen LogP contribution in [0.2, 0.25) is 0 Å². The maximum absolute atomic E-state index is 12.3. The molecule has 2 aromatic carbocycles. The van der Waals surface area contributed by atoms with E-state index in [1.807, 2.05) is 54.2 Å². The van der Waals surface area contributed by atoms with Gasteiger partial charge in [-0.15, -0.1) is 11.8 Å². The Hall–Kier alpha value is -2.18. The van der Waals surface area contributed by atoms with Gasteiger partial charge in [0.25, 0.3) is 0 Å². The highest BCUT2D eigenvalue weighted by atomic mass is 32.2. The molecule has 1 fully saturated rings. The number of hydrogen-bond donors (Lipinski definition) is 2. The lowest BCUT2D eigenvalue weighted by Gasteiger charge is -2.36. The molecule has 0 radical (unpaired) electrons. The third-order valence-electron chi connectivity index (χ3n) is 4.66. The van der Waals surface area contributed by atoms with E-state index in [2.05, 4.69) is 22.8 Å². The minimum Gasteiger partial charge on any atom is -0.497 e. The Morgan fingerprint density at radius 2 is 1.78 bits per heavy atom. The van der Waals surface area contributed by atoms with Crippen molar-refractivity contribution >= 4 is 17.8 Å². The van der Waals surface area contributed by atoms with E-state index in [4.69, 9.17) is 9.47 Å². The van der Waals surface area contributed by atoms with Crippen molar-refractivity contribution in [1.29, 1.82) is 0 Å². The first kappa shape index (κ1) is 19.6. The molecule has 0 spiro atoms. The first-order valence-corrected chi connectivity index (χ1v) is 9.97. The molecule has 1 saturated heterocycles. The molecule has 5 nitrogen and oxygen atoms in total. The van der Waals surface area contributed by atoms with Gasteiger partial charge in [-0.1, -0.05) is 30.3 Å². The zero-order valence-electron chi connectivity index (χ0n) is 15.6. The van der Waals surface area contributed by atoms with Crippen molar-refractivity contribution in [3.8, 4) is 5.75 Å². The average molecular weight is 387 g/mol. The largest absolute Gasteiger partial charge is 0.497 e. The highest BCUT2D eigenvalue weighted by Gasteiger charge is 2.34. The number of hydrogen-bond acceptors (Lipinski definition) is 4. The van der Waals surface area contributed by atoms with Crippen molar-refractivity contribution in [3.63, 3.8) is 0 Å². The summed E-state index contributed by atoms with van der Waals surface area (Å²) in [6.07, 6.45) is 1.84. The van der Waals surface area contributed by atoms with Gasteiger partial charge in [-0.25, -0.2) is 4.79 Å². The number of methoxy groups -OCH3 is 1. The van der Waals surface area contributed by atoms with Crippen molar-refractivity contribution in [2.24, 2.45) is 0 Å². The van der Waals surface area contributed by atoms with E-state index in [1.165, 1.54) is 4.90 Å². The predicted octanol–water partition coefficient (Wildman–Crippen LogP) is 3.84. The number of amides is 2. The van der Waals surface area contributed by atoms with Gasteiger partial charge in [0, 0.05) is 35.9 Å². The van der Waals surface area contributed by atoms with E-state index in [0.29, 0.717) is 13.1 Å². The summed E-state index contributed by atoms with van der Waals surface area (Å²) in [5.41, 5.74) is 1.03. The first-order valence-electron chi connectivity index (χ1n) is 9.16. The smallest absolute Gasteiger partial charge is 0.315 e. The van der Waals surface area contributed by atoms with E-state index in [-0.39, 0.29) is 10.8 Å². The van der Waals surface area contributed by atoms with Gasteiger partial charge < -0.3 is 20.1 Å². The molecule has 6 heteroatoms. The molecule has 0 atom stereocenters. The zero-order chi connectivity index (χ0) is 19.0. The summed E-state index contributed by atoms with van der Waals surface area (Å²) >= 11 is 1.84. The van der Waals surface area contributed by atoms with Crippen molar-refractivity contribution < 1.29 is 14.3 Å². The van der Waals surface area contributed by atoms with E-state index in [0.717, 1.165) is 37.4 Å². The molecule has 2 N–H and O–H groups in total. The summed E-state index contributed by atoms with van der Waals surface area (Å²) in [6.45, 7) is 2.56. The molecule has 1 aliphatic rings. The lowest BCUT2D eigenvalue weighted by molar-refractivity contribution is 0.0776. The van der Waals surface area contributed by atoms with Crippen molar-refractivity contribution in [2.45, 2.75) is 29.0 Å². The van der Waals surface area contributed by atoms with Gasteiger partial charge >= 0.3 is 6.03 Å². The molecule has 0 aromatic heterocycles. The van der Waals surface area contributed by atoms with Crippen molar-refractivity contribution in [2.75, 3.05) is 26.9 Å². The van der Waals surface area contributed by atoms with E-state index >= 15 is 0 Å². The Labute approximate surface area is 164 Å². The number of urea groups is 1. The molecule has 1 heterocycles. The fourth-order valence-electron chi connectivity index (χ4n) is 3.03. The second kappa shape index (κ2) is 9.67.